The standard InChI is InChI=1S/C16H13F3N4/c17-16(18,19)12-8-6-11(7-9-12)14-21-15(23-22-14)13(20)10-4-2-1-3-5-10/h1-9,13H,20H2,(H,21,22,23). The minimum absolute atomic E-state index is 0.306. The van der Waals surface area contributed by atoms with Gasteiger partial charge in [-0.3, -0.25) is 5.10 Å². The van der Waals surface area contributed by atoms with E-state index < -0.39 is 17.8 Å². The Morgan fingerprint density at radius 2 is 1.61 bits per heavy atom. The van der Waals surface area contributed by atoms with Gasteiger partial charge in [-0.05, 0) is 17.7 Å². The van der Waals surface area contributed by atoms with Gasteiger partial charge in [-0.25, -0.2) is 4.98 Å². The molecule has 0 bridgehead atoms. The van der Waals surface area contributed by atoms with E-state index in [2.05, 4.69) is 15.2 Å². The highest BCUT2D eigenvalue weighted by atomic mass is 19.4. The lowest BCUT2D eigenvalue weighted by molar-refractivity contribution is -0.137. The normalized spacial score (nSPS) is 13.0. The van der Waals surface area contributed by atoms with Crippen molar-refractivity contribution in [2.75, 3.05) is 0 Å². The van der Waals surface area contributed by atoms with E-state index in [-0.39, 0.29) is 0 Å². The summed E-state index contributed by atoms with van der Waals surface area (Å²) in [7, 11) is 0. The molecular weight excluding hydrogens is 305 g/mol. The van der Waals surface area contributed by atoms with Gasteiger partial charge in [0, 0.05) is 5.56 Å². The molecule has 0 aliphatic rings. The third kappa shape index (κ3) is 3.24. The van der Waals surface area contributed by atoms with Gasteiger partial charge in [0.1, 0.15) is 5.82 Å². The van der Waals surface area contributed by atoms with E-state index in [4.69, 9.17) is 5.73 Å². The number of nitrogens with zero attached hydrogens (tertiary/aromatic N) is 2. The molecule has 2 aromatic carbocycles. The van der Waals surface area contributed by atoms with Crippen LogP contribution in [0.4, 0.5) is 13.2 Å². The van der Waals surface area contributed by atoms with Crippen LogP contribution in [0.3, 0.4) is 0 Å². The zero-order valence-electron chi connectivity index (χ0n) is 11.9. The molecule has 0 amide bonds. The number of benzene rings is 2. The number of alkyl halides is 3. The van der Waals surface area contributed by atoms with Gasteiger partial charge in [0.25, 0.3) is 0 Å². The topological polar surface area (TPSA) is 67.6 Å². The van der Waals surface area contributed by atoms with Crippen LogP contribution >= 0.6 is 0 Å². The minimum atomic E-state index is -4.36. The van der Waals surface area contributed by atoms with Crippen molar-refractivity contribution < 1.29 is 13.2 Å². The summed E-state index contributed by atoms with van der Waals surface area (Å²) >= 11 is 0. The van der Waals surface area contributed by atoms with Gasteiger partial charge in [-0.1, -0.05) is 42.5 Å². The van der Waals surface area contributed by atoms with Crippen LogP contribution in [0.2, 0.25) is 0 Å². The molecule has 4 nitrogen and oxygen atoms in total. The Kier molecular flexibility index (Phi) is 3.87. The van der Waals surface area contributed by atoms with Crippen LogP contribution in [0.5, 0.6) is 0 Å². The fourth-order valence-corrected chi connectivity index (χ4v) is 2.17. The molecule has 0 spiro atoms. The SMILES string of the molecule is NC(c1ccccc1)c1nc(-c2ccc(C(F)(F)F)cc2)n[nH]1. The molecule has 7 heteroatoms. The van der Waals surface area contributed by atoms with Crippen LogP contribution in [0.1, 0.15) is 23.0 Å². The predicted octanol–water partition coefficient (Wildman–Crippen LogP) is 3.54. The van der Waals surface area contributed by atoms with Crippen molar-refractivity contribution in [1.29, 1.82) is 0 Å². The Balaban J connectivity index is 1.85. The number of nitrogens with two attached hydrogens (primary N) is 1. The van der Waals surface area contributed by atoms with Crippen molar-refractivity contribution in [2.24, 2.45) is 5.73 Å². The summed E-state index contributed by atoms with van der Waals surface area (Å²) in [5.41, 5.74) is 6.75. The van der Waals surface area contributed by atoms with Gasteiger partial charge in [-0.15, -0.1) is 0 Å². The van der Waals surface area contributed by atoms with Crippen LogP contribution in [-0.2, 0) is 6.18 Å². The Labute approximate surface area is 130 Å². The highest BCUT2D eigenvalue weighted by Gasteiger charge is 2.30. The van der Waals surface area contributed by atoms with Gasteiger partial charge in [-0.2, -0.15) is 18.3 Å². The van der Waals surface area contributed by atoms with E-state index in [0.717, 1.165) is 17.7 Å². The first-order chi connectivity index (χ1) is 10.9. The van der Waals surface area contributed by atoms with Gasteiger partial charge >= 0.3 is 6.18 Å². The zero-order chi connectivity index (χ0) is 16.4. The third-order valence-corrected chi connectivity index (χ3v) is 3.43. The zero-order valence-corrected chi connectivity index (χ0v) is 11.9. The Bertz CT molecular complexity index is 779. The first-order valence-corrected chi connectivity index (χ1v) is 6.85. The molecule has 0 saturated heterocycles. The lowest BCUT2D eigenvalue weighted by Gasteiger charge is -2.07. The Hall–Kier alpha value is -2.67. The van der Waals surface area contributed by atoms with Crippen molar-refractivity contribution in [3.63, 3.8) is 0 Å². The van der Waals surface area contributed by atoms with E-state index in [1.807, 2.05) is 30.3 Å². The molecule has 118 valence electrons. The summed E-state index contributed by atoms with van der Waals surface area (Å²) in [6.45, 7) is 0. The molecule has 0 fully saturated rings. The average Bonchev–Trinajstić information content (AvgIpc) is 3.04. The Morgan fingerprint density at radius 3 is 2.22 bits per heavy atom. The Morgan fingerprint density at radius 1 is 0.957 bits per heavy atom. The molecule has 3 rings (SSSR count). The van der Waals surface area contributed by atoms with Crippen LogP contribution in [0, 0.1) is 0 Å². The molecule has 0 aliphatic carbocycles. The van der Waals surface area contributed by atoms with Crippen molar-refractivity contribution in [3.8, 4) is 11.4 Å². The maximum atomic E-state index is 12.6. The van der Waals surface area contributed by atoms with Crippen LogP contribution in [0.25, 0.3) is 11.4 Å². The second kappa shape index (κ2) is 5.85. The fraction of sp³-hybridized carbons (Fsp3) is 0.125. The number of aromatic amines is 1. The van der Waals surface area contributed by atoms with E-state index in [1.165, 1.54) is 12.1 Å². The molecule has 23 heavy (non-hydrogen) atoms. The van der Waals surface area contributed by atoms with Crippen molar-refractivity contribution in [1.82, 2.24) is 15.2 Å². The number of rotatable bonds is 3. The second-order valence-electron chi connectivity index (χ2n) is 5.01. The predicted molar refractivity (Wildman–Crippen MR) is 79.3 cm³/mol. The largest absolute Gasteiger partial charge is 0.416 e. The molecule has 0 saturated carbocycles. The van der Waals surface area contributed by atoms with Crippen molar-refractivity contribution >= 4 is 0 Å². The third-order valence-electron chi connectivity index (χ3n) is 3.43. The van der Waals surface area contributed by atoms with Crippen molar-refractivity contribution in [2.45, 2.75) is 12.2 Å². The molecule has 1 atom stereocenters. The number of hydrogen-bond acceptors (Lipinski definition) is 3. The first kappa shape index (κ1) is 15.2. The van der Waals surface area contributed by atoms with Crippen LogP contribution < -0.4 is 5.73 Å². The molecular formula is C16H13F3N4. The summed E-state index contributed by atoms with van der Waals surface area (Å²) in [4.78, 5) is 4.28. The summed E-state index contributed by atoms with van der Waals surface area (Å²) in [6, 6.07) is 13.5. The molecule has 3 aromatic rings. The molecule has 3 N–H and O–H groups in total. The lowest BCUT2D eigenvalue weighted by atomic mass is 10.1. The van der Waals surface area contributed by atoms with Gasteiger partial charge in [0.15, 0.2) is 5.82 Å². The fourth-order valence-electron chi connectivity index (χ4n) is 2.17. The molecule has 1 aromatic heterocycles. The van der Waals surface area contributed by atoms with E-state index in [1.54, 1.807) is 0 Å². The number of hydrogen-bond donors (Lipinski definition) is 2. The molecule has 0 radical (unpaired) electrons. The van der Waals surface area contributed by atoms with Gasteiger partial charge < -0.3 is 5.73 Å². The smallest absolute Gasteiger partial charge is 0.318 e. The van der Waals surface area contributed by atoms with E-state index >= 15 is 0 Å². The van der Waals surface area contributed by atoms with Crippen LogP contribution in [0.15, 0.2) is 54.6 Å². The van der Waals surface area contributed by atoms with E-state index in [9.17, 15) is 13.2 Å². The summed E-state index contributed by atoms with van der Waals surface area (Å²) in [5.74, 6) is 0.756. The maximum Gasteiger partial charge on any atom is 0.416 e. The molecule has 1 heterocycles. The second-order valence-corrected chi connectivity index (χ2v) is 5.01. The van der Waals surface area contributed by atoms with E-state index in [0.29, 0.717) is 17.2 Å². The number of nitrogens with one attached hydrogen (secondary N) is 1. The summed E-state index contributed by atoms with van der Waals surface area (Å²) in [5, 5.41) is 6.77. The molecule has 1 unspecified atom stereocenters. The highest BCUT2D eigenvalue weighted by molar-refractivity contribution is 5.55. The van der Waals surface area contributed by atoms with Crippen LogP contribution in [-0.4, -0.2) is 15.2 Å². The number of H-pyrrole nitrogens is 1. The highest BCUT2D eigenvalue weighted by Crippen LogP contribution is 2.30. The first-order valence-electron chi connectivity index (χ1n) is 6.85. The number of halogens is 3. The molecule has 0 aliphatic heterocycles. The number of aromatic nitrogens is 3. The minimum Gasteiger partial charge on any atom is -0.318 e. The summed E-state index contributed by atoms with van der Waals surface area (Å²) in [6.07, 6.45) is -4.36. The lowest BCUT2D eigenvalue weighted by Crippen LogP contribution is -2.13. The average molecular weight is 318 g/mol. The van der Waals surface area contributed by atoms with Gasteiger partial charge in [0.05, 0.1) is 11.6 Å². The maximum absolute atomic E-state index is 12.6. The van der Waals surface area contributed by atoms with Crippen molar-refractivity contribution in [3.05, 3.63) is 71.5 Å². The monoisotopic (exact) mass is 318 g/mol. The quantitative estimate of drug-likeness (QED) is 0.776. The summed E-state index contributed by atoms with van der Waals surface area (Å²) < 4.78 is 37.7. The van der Waals surface area contributed by atoms with Gasteiger partial charge in [0.2, 0.25) is 0 Å².